The second-order valence-corrected chi connectivity index (χ2v) is 4.47. The van der Waals surface area contributed by atoms with Crippen LogP contribution in [0.4, 0.5) is 5.69 Å². The van der Waals surface area contributed by atoms with Crippen LogP contribution in [0, 0.1) is 0 Å². The number of amidine groups is 1. The van der Waals surface area contributed by atoms with Crippen molar-refractivity contribution in [1.82, 2.24) is 9.97 Å². The molecule has 2 N–H and O–H groups in total. The van der Waals surface area contributed by atoms with E-state index in [1.54, 1.807) is 25.6 Å². The summed E-state index contributed by atoms with van der Waals surface area (Å²) in [6, 6.07) is 9.54. The highest BCUT2D eigenvalue weighted by Crippen LogP contribution is 2.33. The van der Waals surface area contributed by atoms with Gasteiger partial charge in [-0.2, -0.15) is 5.10 Å². The van der Waals surface area contributed by atoms with Crippen LogP contribution in [0.3, 0.4) is 0 Å². The zero-order chi connectivity index (χ0) is 13.9. The van der Waals surface area contributed by atoms with Gasteiger partial charge in [-0.15, -0.1) is 0 Å². The van der Waals surface area contributed by atoms with Gasteiger partial charge in [0.1, 0.15) is 11.9 Å². The summed E-state index contributed by atoms with van der Waals surface area (Å²) in [4.78, 5) is 8.59. The Hall–Kier alpha value is -2.63. The molecule has 0 aliphatic carbocycles. The van der Waals surface area contributed by atoms with Crippen LogP contribution in [0.2, 0.25) is 0 Å². The van der Waals surface area contributed by atoms with Crippen LogP contribution in [0.1, 0.15) is 18.2 Å². The van der Waals surface area contributed by atoms with Crippen molar-refractivity contribution in [1.29, 1.82) is 0 Å². The maximum absolute atomic E-state index is 5.88. The molecule has 20 heavy (non-hydrogen) atoms. The van der Waals surface area contributed by atoms with Crippen molar-refractivity contribution in [3.05, 3.63) is 48.4 Å². The lowest BCUT2D eigenvalue weighted by molar-refractivity contribution is 0.398. The van der Waals surface area contributed by atoms with Gasteiger partial charge in [0.15, 0.2) is 0 Å². The third-order valence-electron chi connectivity index (χ3n) is 3.16. The van der Waals surface area contributed by atoms with Gasteiger partial charge in [0, 0.05) is 18.7 Å². The lowest BCUT2D eigenvalue weighted by atomic mass is 10.1. The standard InChI is InChI=1S/C14H15N5O/c1-20-14-6-5-10(9-17-14)19-12(8-13(15)18-19)11-4-2-3-7-16-11/h2-7,9,12H,8H2,1H3,(H2,15,18). The van der Waals surface area contributed by atoms with Gasteiger partial charge in [-0.3, -0.25) is 9.99 Å². The lowest BCUT2D eigenvalue weighted by Gasteiger charge is -2.22. The molecule has 1 atom stereocenters. The smallest absolute Gasteiger partial charge is 0.213 e. The predicted molar refractivity (Wildman–Crippen MR) is 76.5 cm³/mol. The highest BCUT2D eigenvalue weighted by atomic mass is 16.5. The minimum Gasteiger partial charge on any atom is -0.481 e. The summed E-state index contributed by atoms with van der Waals surface area (Å²) in [5, 5.41) is 6.23. The molecule has 0 radical (unpaired) electrons. The Labute approximate surface area is 116 Å². The highest BCUT2D eigenvalue weighted by Gasteiger charge is 2.29. The van der Waals surface area contributed by atoms with Crippen molar-refractivity contribution in [3.8, 4) is 5.88 Å². The van der Waals surface area contributed by atoms with Gasteiger partial charge >= 0.3 is 0 Å². The molecule has 6 heteroatoms. The van der Waals surface area contributed by atoms with Gasteiger partial charge in [-0.05, 0) is 18.2 Å². The van der Waals surface area contributed by atoms with E-state index in [1.807, 2.05) is 29.3 Å². The first-order chi connectivity index (χ1) is 9.78. The molecule has 0 amide bonds. The van der Waals surface area contributed by atoms with Crippen LogP contribution < -0.4 is 15.5 Å². The Morgan fingerprint density at radius 1 is 1.25 bits per heavy atom. The average Bonchev–Trinajstić information content (AvgIpc) is 2.90. The molecule has 6 nitrogen and oxygen atoms in total. The maximum atomic E-state index is 5.88. The number of hydrogen-bond donors (Lipinski definition) is 1. The summed E-state index contributed by atoms with van der Waals surface area (Å²) in [6.45, 7) is 0. The Balaban J connectivity index is 1.92. The van der Waals surface area contributed by atoms with Crippen LogP contribution in [-0.2, 0) is 0 Å². The summed E-state index contributed by atoms with van der Waals surface area (Å²) in [5.74, 6) is 1.16. The predicted octanol–water partition coefficient (Wildman–Crippen LogP) is 1.71. The minimum atomic E-state index is 0.00592. The molecule has 1 unspecified atom stereocenters. The molecule has 0 saturated carbocycles. The zero-order valence-corrected chi connectivity index (χ0v) is 11.1. The van der Waals surface area contributed by atoms with Crippen molar-refractivity contribution in [2.45, 2.75) is 12.5 Å². The monoisotopic (exact) mass is 269 g/mol. The molecule has 0 fully saturated rings. The van der Waals surface area contributed by atoms with Crippen molar-refractivity contribution >= 4 is 11.5 Å². The summed E-state index contributed by atoms with van der Waals surface area (Å²) < 4.78 is 5.06. The Bertz CT molecular complexity index is 611. The summed E-state index contributed by atoms with van der Waals surface area (Å²) in [7, 11) is 1.59. The second-order valence-electron chi connectivity index (χ2n) is 4.47. The number of methoxy groups -OCH3 is 1. The van der Waals surface area contributed by atoms with Crippen LogP contribution in [0.25, 0.3) is 0 Å². The summed E-state index contributed by atoms with van der Waals surface area (Å²) in [6.07, 6.45) is 4.15. The van der Waals surface area contributed by atoms with Crippen molar-refractivity contribution in [2.75, 3.05) is 12.1 Å². The molecule has 0 aromatic carbocycles. The molecule has 2 aromatic rings. The van der Waals surface area contributed by atoms with E-state index in [9.17, 15) is 0 Å². The lowest BCUT2D eigenvalue weighted by Crippen LogP contribution is -2.19. The topological polar surface area (TPSA) is 76.6 Å². The number of nitrogens with zero attached hydrogens (tertiary/aromatic N) is 4. The fourth-order valence-corrected chi connectivity index (χ4v) is 2.20. The number of hydrazone groups is 1. The molecule has 1 aliphatic heterocycles. The molecule has 3 rings (SSSR count). The third-order valence-corrected chi connectivity index (χ3v) is 3.16. The van der Waals surface area contributed by atoms with E-state index in [1.165, 1.54) is 0 Å². The second kappa shape index (κ2) is 5.16. The zero-order valence-electron chi connectivity index (χ0n) is 11.1. The van der Waals surface area contributed by atoms with Gasteiger partial charge in [0.25, 0.3) is 0 Å². The Kier molecular flexibility index (Phi) is 3.20. The van der Waals surface area contributed by atoms with Gasteiger partial charge in [-0.25, -0.2) is 4.98 Å². The molecule has 0 bridgehead atoms. The number of pyridine rings is 2. The van der Waals surface area contributed by atoms with E-state index in [0.29, 0.717) is 18.1 Å². The van der Waals surface area contributed by atoms with E-state index in [4.69, 9.17) is 10.5 Å². The van der Waals surface area contributed by atoms with E-state index in [2.05, 4.69) is 15.1 Å². The minimum absolute atomic E-state index is 0.00592. The van der Waals surface area contributed by atoms with Gasteiger partial charge in [-0.1, -0.05) is 6.07 Å². The average molecular weight is 269 g/mol. The van der Waals surface area contributed by atoms with Crippen LogP contribution in [0.5, 0.6) is 5.88 Å². The molecule has 2 aromatic heterocycles. The van der Waals surface area contributed by atoms with E-state index >= 15 is 0 Å². The quantitative estimate of drug-likeness (QED) is 0.917. The molecular formula is C14H15N5O. The van der Waals surface area contributed by atoms with Gasteiger partial charge in [0.05, 0.1) is 24.7 Å². The number of ether oxygens (including phenoxy) is 1. The molecule has 0 saturated heterocycles. The molecule has 3 heterocycles. The SMILES string of the molecule is COc1ccc(N2N=C(N)CC2c2ccccn2)cn1. The number of aromatic nitrogens is 2. The van der Waals surface area contributed by atoms with Gasteiger partial charge in [0.2, 0.25) is 5.88 Å². The third kappa shape index (κ3) is 2.27. The van der Waals surface area contributed by atoms with Gasteiger partial charge < -0.3 is 10.5 Å². The fourth-order valence-electron chi connectivity index (χ4n) is 2.20. The number of nitrogens with two attached hydrogens (primary N) is 1. The summed E-state index contributed by atoms with van der Waals surface area (Å²) in [5.41, 5.74) is 7.68. The normalized spacial score (nSPS) is 17.9. The number of hydrogen-bond acceptors (Lipinski definition) is 6. The Morgan fingerprint density at radius 3 is 2.80 bits per heavy atom. The van der Waals surface area contributed by atoms with Crippen molar-refractivity contribution in [3.63, 3.8) is 0 Å². The maximum Gasteiger partial charge on any atom is 0.213 e. The molecule has 1 aliphatic rings. The molecular weight excluding hydrogens is 254 g/mol. The molecule has 0 spiro atoms. The first-order valence-electron chi connectivity index (χ1n) is 6.31. The first-order valence-corrected chi connectivity index (χ1v) is 6.31. The van der Waals surface area contributed by atoms with E-state index in [-0.39, 0.29) is 6.04 Å². The summed E-state index contributed by atoms with van der Waals surface area (Å²) >= 11 is 0. The molecule has 102 valence electrons. The fraction of sp³-hybridized carbons (Fsp3) is 0.214. The van der Waals surface area contributed by atoms with E-state index in [0.717, 1.165) is 11.4 Å². The van der Waals surface area contributed by atoms with E-state index < -0.39 is 0 Å². The number of rotatable bonds is 3. The highest BCUT2D eigenvalue weighted by molar-refractivity contribution is 5.85. The first kappa shape index (κ1) is 12.4. The van der Waals surface area contributed by atoms with Crippen molar-refractivity contribution < 1.29 is 4.74 Å². The number of anilines is 1. The van der Waals surface area contributed by atoms with Crippen LogP contribution in [-0.4, -0.2) is 22.9 Å². The van der Waals surface area contributed by atoms with Crippen LogP contribution in [0.15, 0.2) is 47.8 Å². The Morgan fingerprint density at radius 2 is 2.15 bits per heavy atom. The largest absolute Gasteiger partial charge is 0.481 e. The van der Waals surface area contributed by atoms with Crippen molar-refractivity contribution in [2.24, 2.45) is 10.8 Å². The van der Waals surface area contributed by atoms with Crippen LogP contribution >= 0.6 is 0 Å².